The highest BCUT2D eigenvalue weighted by molar-refractivity contribution is 6.21. The van der Waals surface area contributed by atoms with Gasteiger partial charge in [0.15, 0.2) is 0 Å². The lowest BCUT2D eigenvalue weighted by Crippen LogP contribution is -2.37. The van der Waals surface area contributed by atoms with Gasteiger partial charge in [-0.2, -0.15) is 0 Å². The van der Waals surface area contributed by atoms with Crippen LogP contribution in [0.25, 0.3) is 0 Å². The number of carbonyl (C=O) groups excluding carboxylic acids is 2. The number of amides is 2. The molecule has 3 rings (SSSR count). The van der Waals surface area contributed by atoms with Crippen molar-refractivity contribution in [3.63, 3.8) is 0 Å². The summed E-state index contributed by atoms with van der Waals surface area (Å²) in [5.74, 6) is -0.450. The maximum atomic E-state index is 12.2. The summed E-state index contributed by atoms with van der Waals surface area (Å²) in [6.45, 7) is 0. The highest BCUT2D eigenvalue weighted by atomic mass is 16.2. The van der Waals surface area contributed by atoms with Crippen molar-refractivity contribution >= 4 is 11.8 Å². The molecule has 18 heavy (non-hydrogen) atoms. The lowest BCUT2D eigenvalue weighted by atomic mass is 10.1. The molecule has 3 heteroatoms. The standard InChI is InChI=1S/C15H11NO2/c17-14-12-9-5-6-10-13(12)15(18)16(14)11-7-3-1-2-4-8-11/h1-11H. The van der Waals surface area contributed by atoms with E-state index in [-0.39, 0.29) is 17.9 Å². The first-order valence-corrected chi connectivity index (χ1v) is 5.77. The van der Waals surface area contributed by atoms with Gasteiger partial charge in [0.2, 0.25) is 0 Å². The second-order valence-electron chi connectivity index (χ2n) is 4.17. The zero-order valence-corrected chi connectivity index (χ0v) is 9.61. The minimum Gasteiger partial charge on any atom is -0.269 e. The molecule has 0 bridgehead atoms. The molecule has 0 saturated heterocycles. The number of benzene rings is 1. The Morgan fingerprint density at radius 2 is 1.28 bits per heavy atom. The number of nitrogens with zero attached hydrogens (tertiary/aromatic N) is 1. The Kier molecular flexibility index (Phi) is 2.45. The van der Waals surface area contributed by atoms with E-state index in [1.807, 2.05) is 36.5 Å². The van der Waals surface area contributed by atoms with Crippen molar-refractivity contribution in [2.24, 2.45) is 0 Å². The molecule has 0 radical (unpaired) electrons. The van der Waals surface area contributed by atoms with E-state index in [0.29, 0.717) is 11.1 Å². The van der Waals surface area contributed by atoms with E-state index in [1.165, 1.54) is 4.90 Å². The van der Waals surface area contributed by atoms with Crippen LogP contribution in [0, 0.1) is 0 Å². The van der Waals surface area contributed by atoms with Gasteiger partial charge < -0.3 is 0 Å². The Bertz CT molecular complexity index is 560. The summed E-state index contributed by atoms with van der Waals surface area (Å²) in [6, 6.07) is 6.62. The van der Waals surface area contributed by atoms with Gasteiger partial charge in [0.25, 0.3) is 11.8 Å². The second kappa shape index (κ2) is 4.11. The molecular formula is C15H11NO2. The summed E-state index contributed by atoms with van der Waals surface area (Å²) in [7, 11) is 0. The van der Waals surface area contributed by atoms with Gasteiger partial charge >= 0.3 is 0 Å². The first kappa shape index (κ1) is 10.7. The topological polar surface area (TPSA) is 37.4 Å². The molecule has 0 N–H and O–H groups in total. The monoisotopic (exact) mass is 237 g/mol. The molecule has 1 heterocycles. The van der Waals surface area contributed by atoms with Crippen LogP contribution in [-0.2, 0) is 0 Å². The van der Waals surface area contributed by atoms with Gasteiger partial charge in [-0.3, -0.25) is 14.5 Å². The predicted molar refractivity (Wildman–Crippen MR) is 68.2 cm³/mol. The third-order valence-electron chi connectivity index (χ3n) is 3.07. The van der Waals surface area contributed by atoms with Crippen LogP contribution >= 0.6 is 0 Å². The van der Waals surface area contributed by atoms with E-state index in [9.17, 15) is 9.59 Å². The highest BCUT2D eigenvalue weighted by Gasteiger charge is 2.37. The maximum absolute atomic E-state index is 12.2. The van der Waals surface area contributed by atoms with Crippen molar-refractivity contribution < 1.29 is 9.59 Å². The van der Waals surface area contributed by atoms with Crippen LogP contribution in [0.3, 0.4) is 0 Å². The van der Waals surface area contributed by atoms with Gasteiger partial charge in [-0.05, 0) is 12.1 Å². The van der Waals surface area contributed by atoms with E-state index in [4.69, 9.17) is 0 Å². The quantitative estimate of drug-likeness (QED) is 0.703. The zero-order chi connectivity index (χ0) is 12.5. The molecule has 2 aliphatic rings. The largest absolute Gasteiger partial charge is 0.269 e. The second-order valence-corrected chi connectivity index (χ2v) is 4.17. The molecule has 1 aliphatic heterocycles. The van der Waals surface area contributed by atoms with E-state index in [2.05, 4.69) is 0 Å². The summed E-state index contributed by atoms with van der Waals surface area (Å²) in [5, 5.41) is 0. The fourth-order valence-corrected chi connectivity index (χ4v) is 2.20. The molecule has 0 aromatic heterocycles. The number of allylic oxidation sites excluding steroid dienone is 4. The van der Waals surface area contributed by atoms with Crippen LogP contribution < -0.4 is 0 Å². The lowest BCUT2D eigenvalue weighted by molar-refractivity contribution is 0.0639. The molecule has 0 unspecified atom stereocenters. The Morgan fingerprint density at radius 1 is 0.778 bits per heavy atom. The van der Waals surface area contributed by atoms with Crippen LogP contribution in [-0.4, -0.2) is 22.8 Å². The van der Waals surface area contributed by atoms with E-state index >= 15 is 0 Å². The van der Waals surface area contributed by atoms with Crippen LogP contribution in [0.4, 0.5) is 0 Å². The minimum atomic E-state index is -0.313. The normalized spacial score (nSPS) is 18.3. The summed E-state index contributed by atoms with van der Waals surface area (Å²) < 4.78 is 0. The van der Waals surface area contributed by atoms with Gasteiger partial charge in [-0.25, -0.2) is 0 Å². The van der Waals surface area contributed by atoms with Crippen molar-refractivity contribution in [2.75, 3.05) is 0 Å². The molecular weight excluding hydrogens is 226 g/mol. The summed E-state index contributed by atoms with van der Waals surface area (Å²) in [5.41, 5.74) is 0.975. The maximum Gasteiger partial charge on any atom is 0.262 e. The van der Waals surface area contributed by atoms with Gasteiger partial charge in [-0.15, -0.1) is 0 Å². The molecule has 0 fully saturated rings. The van der Waals surface area contributed by atoms with E-state index < -0.39 is 0 Å². The van der Waals surface area contributed by atoms with Crippen molar-refractivity contribution in [3.8, 4) is 0 Å². The van der Waals surface area contributed by atoms with Crippen LogP contribution in [0.1, 0.15) is 20.7 Å². The minimum absolute atomic E-state index is 0.225. The molecule has 88 valence electrons. The lowest BCUT2D eigenvalue weighted by Gasteiger charge is -2.19. The number of imide groups is 1. The van der Waals surface area contributed by atoms with E-state index in [1.54, 1.807) is 24.3 Å². The smallest absolute Gasteiger partial charge is 0.262 e. The van der Waals surface area contributed by atoms with Crippen molar-refractivity contribution in [1.29, 1.82) is 0 Å². The first-order valence-electron chi connectivity index (χ1n) is 5.77. The van der Waals surface area contributed by atoms with Crippen molar-refractivity contribution in [1.82, 2.24) is 4.90 Å². The Morgan fingerprint density at radius 3 is 1.78 bits per heavy atom. The number of fused-ring (bicyclic) bond motifs is 1. The number of hydrogen-bond acceptors (Lipinski definition) is 2. The molecule has 0 spiro atoms. The van der Waals surface area contributed by atoms with E-state index in [0.717, 1.165) is 0 Å². The molecule has 0 saturated carbocycles. The van der Waals surface area contributed by atoms with Gasteiger partial charge in [-0.1, -0.05) is 48.6 Å². The predicted octanol–water partition coefficient (Wildman–Crippen LogP) is 2.33. The highest BCUT2D eigenvalue weighted by Crippen LogP contribution is 2.25. The molecule has 2 amide bonds. The summed E-state index contributed by atoms with van der Waals surface area (Å²) in [6.07, 6.45) is 11.1. The van der Waals surface area contributed by atoms with Gasteiger partial charge in [0, 0.05) is 0 Å². The molecule has 1 aromatic carbocycles. The van der Waals surface area contributed by atoms with Crippen molar-refractivity contribution in [3.05, 3.63) is 71.8 Å². The van der Waals surface area contributed by atoms with Crippen molar-refractivity contribution in [2.45, 2.75) is 6.04 Å². The van der Waals surface area contributed by atoms with Gasteiger partial charge in [0.05, 0.1) is 17.2 Å². The Balaban J connectivity index is 2.02. The van der Waals surface area contributed by atoms with Gasteiger partial charge in [0.1, 0.15) is 0 Å². The number of hydrogen-bond donors (Lipinski definition) is 0. The first-order chi connectivity index (χ1) is 8.79. The summed E-state index contributed by atoms with van der Waals surface area (Å²) >= 11 is 0. The average molecular weight is 237 g/mol. The third kappa shape index (κ3) is 1.52. The zero-order valence-electron chi connectivity index (χ0n) is 9.61. The Hall–Kier alpha value is -2.42. The SMILES string of the molecule is O=C1c2ccccc2C(=O)N1C1C=CC=CC=C1. The number of rotatable bonds is 1. The molecule has 1 aliphatic carbocycles. The fourth-order valence-electron chi connectivity index (χ4n) is 2.20. The van der Waals surface area contributed by atoms with Crippen LogP contribution in [0.5, 0.6) is 0 Å². The van der Waals surface area contributed by atoms with Crippen LogP contribution in [0.15, 0.2) is 60.7 Å². The number of carbonyl (C=O) groups is 2. The molecule has 1 aromatic rings. The van der Waals surface area contributed by atoms with Crippen LogP contribution in [0.2, 0.25) is 0 Å². The molecule has 3 nitrogen and oxygen atoms in total. The average Bonchev–Trinajstić information content (AvgIpc) is 2.61. The fraction of sp³-hybridized carbons (Fsp3) is 0.0667. The Labute approximate surface area is 105 Å². The molecule has 0 atom stereocenters. The summed E-state index contributed by atoms with van der Waals surface area (Å²) in [4.78, 5) is 25.8. The third-order valence-corrected chi connectivity index (χ3v) is 3.07.